The SMILES string of the molecule is CCC1CCCN(CC(C)(CNC)c2ccccc2)C1. The Bertz CT molecular complexity index is 390. The van der Waals surface area contributed by atoms with Crippen LogP contribution < -0.4 is 5.32 Å². The van der Waals surface area contributed by atoms with Crippen LogP contribution in [0.2, 0.25) is 0 Å². The van der Waals surface area contributed by atoms with E-state index in [2.05, 4.69) is 61.4 Å². The number of benzene rings is 1. The summed E-state index contributed by atoms with van der Waals surface area (Å²) in [5, 5.41) is 3.39. The monoisotopic (exact) mass is 274 g/mol. The molecule has 0 aromatic heterocycles. The van der Waals surface area contributed by atoms with Crippen molar-refractivity contribution in [1.82, 2.24) is 10.2 Å². The maximum absolute atomic E-state index is 3.39. The lowest BCUT2D eigenvalue weighted by atomic mass is 9.81. The van der Waals surface area contributed by atoms with E-state index < -0.39 is 0 Å². The quantitative estimate of drug-likeness (QED) is 0.856. The zero-order valence-corrected chi connectivity index (χ0v) is 13.4. The molecule has 1 N–H and O–H groups in total. The van der Waals surface area contributed by atoms with Gasteiger partial charge in [0.15, 0.2) is 0 Å². The number of nitrogens with one attached hydrogen (secondary N) is 1. The van der Waals surface area contributed by atoms with Gasteiger partial charge in [0.25, 0.3) is 0 Å². The molecule has 112 valence electrons. The van der Waals surface area contributed by atoms with Crippen molar-refractivity contribution in [2.24, 2.45) is 5.92 Å². The van der Waals surface area contributed by atoms with E-state index in [1.807, 2.05) is 0 Å². The van der Waals surface area contributed by atoms with Gasteiger partial charge in [-0.1, -0.05) is 50.6 Å². The molecule has 0 aliphatic carbocycles. The zero-order chi connectivity index (χ0) is 14.4. The van der Waals surface area contributed by atoms with E-state index >= 15 is 0 Å². The summed E-state index contributed by atoms with van der Waals surface area (Å²) in [6.07, 6.45) is 4.11. The fourth-order valence-electron chi connectivity index (χ4n) is 3.60. The summed E-state index contributed by atoms with van der Waals surface area (Å²) in [5.74, 6) is 0.901. The lowest BCUT2D eigenvalue weighted by Crippen LogP contribution is -2.47. The van der Waals surface area contributed by atoms with Crippen LogP contribution in [0.15, 0.2) is 30.3 Å². The Balaban J connectivity index is 2.09. The minimum absolute atomic E-state index is 0.200. The number of hydrogen-bond acceptors (Lipinski definition) is 2. The minimum Gasteiger partial charge on any atom is -0.319 e. The first-order valence-corrected chi connectivity index (χ1v) is 8.10. The van der Waals surface area contributed by atoms with Crippen molar-refractivity contribution in [3.8, 4) is 0 Å². The molecular weight excluding hydrogens is 244 g/mol. The van der Waals surface area contributed by atoms with E-state index in [1.165, 1.54) is 37.9 Å². The smallest absolute Gasteiger partial charge is 0.0176 e. The summed E-state index contributed by atoms with van der Waals surface area (Å²) in [5.41, 5.74) is 1.65. The Kier molecular flexibility index (Phi) is 5.62. The molecular formula is C18H30N2. The van der Waals surface area contributed by atoms with Crippen molar-refractivity contribution in [3.05, 3.63) is 35.9 Å². The highest BCUT2D eigenvalue weighted by molar-refractivity contribution is 5.25. The predicted octanol–water partition coefficient (Wildman–Crippen LogP) is 3.29. The Morgan fingerprint density at radius 1 is 1.30 bits per heavy atom. The largest absolute Gasteiger partial charge is 0.319 e. The highest BCUT2D eigenvalue weighted by Gasteiger charge is 2.30. The van der Waals surface area contributed by atoms with Crippen LogP contribution in [-0.4, -0.2) is 38.1 Å². The van der Waals surface area contributed by atoms with Gasteiger partial charge in [-0.15, -0.1) is 0 Å². The molecule has 2 rings (SSSR count). The summed E-state index contributed by atoms with van der Waals surface area (Å²) in [6, 6.07) is 11.0. The summed E-state index contributed by atoms with van der Waals surface area (Å²) in [4.78, 5) is 2.68. The second-order valence-electron chi connectivity index (χ2n) is 6.61. The first kappa shape index (κ1) is 15.5. The first-order valence-electron chi connectivity index (χ1n) is 8.10. The van der Waals surface area contributed by atoms with Crippen molar-refractivity contribution >= 4 is 0 Å². The Labute approximate surface area is 124 Å². The molecule has 1 aromatic rings. The lowest BCUT2D eigenvalue weighted by molar-refractivity contribution is 0.140. The van der Waals surface area contributed by atoms with Gasteiger partial charge in [-0.3, -0.25) is 0 Å². The molecule has 0 spiro atoms. The van der Waals surface area contributed by atoms with Gasteiger partial charge in [-0.25, -0.2) is 0 Å². The highest BCUT2D eigenvalue weighted by atomic mass is 15.1. The second-order valence-corrected chi connectivity index (χ2v) is 6.61. The van der Waals surface area contributed by atoms with Crippen LogP contribution in [-0.2, 0) is 5.41 Å². The third-order valence-electron chi connectivity index (χ3n) is 4.79. The van der Waals surface area contributed by atoms with Crippen molar-refractivity contribution in [3.63, 3.8) is 0 Å². The third kappa shape index (κ3) is 3.83. The number of rotatable bonds is 6. The van der Waals surface area contributed by atoms with E-state index in [-0.39, 0.29) is 5.41 Å². The first-order chi connectivity index (χ1) is 9.68. The Morgan fingerprint density at radius 3 is 2.70 bits per heavy atom. The summed E-state index contributed by atoms with van der Waals surface area (Å²) in [7, 11) is 2.06. The van der Waals surface area contributed by atoms with Gasteiger partial charge in [0.05, 0.1) is 0 Å². The molecule has 0 radical (unpaired) electrons. The van der Waals surface area contributed by atoms with Crippen molar-refractivity contribution < 1.29 is 0 Å². The molecule has 0 bridgehead atoms. The molecule has 2 heteroatoms. The zero-order valence-electron chi connectivity index (χ0n) is 13.4. The highest BCUT2D eigenvalue weighted by Crippen LogP contribution is 2.27. The van der Waals surface area contributed by atoms with Crippen LogP contribution in [0.1, 0.15) is 38.7 Å². The topological polar surface area (TPSA) is 15.3 Å². The molecule has 1 saturated heterocycles. The fourth-order valence-corrected chi connectivity index (χ4v) is 3.60. The average Bonchev–Trinajstić information content (AvgIpc) is 2.48. The maximum atomic E-state index is 3.39. The van der Waals surface area contributed by atoms with Crippen LogP contribution in [0, 0.1) is 5.92 Å². The molecule has 1 heterocycles. The molecule has 0 saturated carbocycles. The van der Waals surface area contributed by atoms with E-state index in [0.29, 0.717) is 0 Å². The van der Waals surface area contributed by atoms with E-state index in [1.54, 1.807) is 0 Å². The molecule has 1 aliphatic heterocycles. The molecule has 1 fully saturated rings. The van der Waals surface area contributed by atoms with Crippen LogP contribution >= 0.6 is 0 Å². The van der Waals surface area contributed by atoms with Gasteiger partial charge in [0, 0.05) is 25.0 Å². The van der Waals surface area contributed by atoms with E-state index in [9.17, 15) is 0 Å². The van der Waals surface area contributed by atoms with Crippen molar-refractivity contribution in [1.29, 1.82) is 0 Å². The third-order valence-corrected chi connectivity index (χ3v) is 4.79. The van der Waals surface area contributed by atoms with Gasteiger partial charge < -0.3 is 10.2 Å². The molecule has 1 aliphatic rings. The Hall–Kier alpha value is -0.860. The molecule has 0 amide bonds. The molecule has 1 aromatic carbocycles. The number of nitrogens with zero attached hydrogens (tertiary/aromatic N) is 1. The van der Waals surface area contributed by atoms with Crippen LogP contribution in [0.3, 0.4) is 0 Å². The van der Waals surface area contributed by atoms with Crippen LogP contribution in [0.4, 0.5) is 0 Å². The van der Waals surface area contributed by atoms with Gasteiger partial charge in [-0.2, -0.15) is 0 Å². The number of hydrogen-bond donors (Lipinski definition) is 1. The number of likely N-dealkylation sites (tertiary alicyclic amines) is 1. The maximum Gasteiger partial charge on any atom is 0.0176 e. The van der Waals surface area contributed by atoms with Crippen LogP contribution in [0.5, 0.6) is 0 Å². The van der Waals surface area contributed by atoms with Crippen molar-refractivity contribution in [2.75, 3.05) is 33.2 Å². The molecule has 2 unspecified atom stereocenters. The molecule has 2 nitrogen and oxygen atoms in total. The van der Waals surface area contributed by atoms with E-state index in [0.717, 1.165) is 19.0 Å². The molecule has 2 atom stereocenters. The van der Waals surface area contributed by atoms with Gasteiger partial charge in [0.2, 0.25) is 0 Å². The lowest BCUT2D eigenvalue weighted by Gasteiger charge is -2.40. The Morgan fingerprint density at radius 2 is 2.05 bits per heavy atom. The van der Waals surface area contributed by atoms with E-state index in [4.69, 9.17) is 0 Å². The standard InChI is InChI=1S/C18H30N2/c1-4-16-9-8-12-20(13-16)15-18(2,14-19-3)17-10-6-5-7-11-17/h5-7,10-11,16,19H,4,8-9,12-15H2,1-3H3. The second kappa shape index (κ2) is 7.24. The minimum atomic E-state index is 0.200. The number of likely N-dealkylation sites (N-methyl/N-ethyl adjacent to an activating group) is 1. The predicted molar refractivity (Wildman–Crippen MR) is 87.2 cm³/mol. The molecule has 20 heavy (non-hydrogen) atoms. The van der Waals surface area contributed by atoms with Gasteiger partial charge >= 0.3 is 0 Å². The number of piperidine rings is 1. The average molecular weight is 274 g/mol. The summed E-state index contributed by atoms with van der Waals surface area (Å²) < 4.78 is 0. The van der Waals surface area contributed by atoms with Crippen LogP contribution in [0.25, 0.3) is 0 Å². The fraction of sp³-hybridized carbons (Fsp3) is 0.667. The van der Waals surface area contributed by atoms with Gasteiger partial charge in [0.1, 0.15) is 0 Å². The summed E-state index contributed by atoms with van der Waals surface area (Å²) >= 11 is 0. The summed E-state index contributed by atoms with van der Waals surface area (Å²) in [6.45, 7) is 9.47. The van der Waals surface area contributed by atoms with Crippen molar-refractivity contribution in [2.45, 2.75) is 38.5 Å². The van der Waals surface area contributed by atoms with Gasteiger partial charge in [-0.05, 0) is 37.9 Å². The normalized spacial score (nSPS) is 23.4.